The number of anilines is 1. The molecule has 1 aliphatic heterocycles. The molecular weight excluding hydrogens is 224 g/mol. The molecule has 1 heterocycles. The van der Waals surface area contributed by atoms with E-state index in [9.17, 15) is 4.79 Å². The van der Waals surface area contributed by atoms with Crippen LogP contribution in [0.15, 0.2) is 18.2 Å². The summed E-state index contributed by atoms with van der Waals surface area (Å²) in [4.78, 5) is 11.9. The summed E-state index contributed by atoms with van der Waals surface area (Å²) in [6.45, 7) is 4.87. The quantitative estimate of drug-likeness (QED) is 0.858. The Bertz CT molecular complexity index is 489. The Labute approximate surface area is 108 Å². The summed E-state index contributed by atoms with van der Waals surface area (Å²) in [7, 11) is 0. The molecule has 3 heteroatoms. The maximum absolute atomic E-state index is 11.9. The van der Waals surface area contributed by atoms with Gasteiger partial charge in [0.05, 0.1) is 5.41 Å². The van der Waals surface area contributed by atoms with Crippen molar-refractivity contribution in [2.24, 2.45) is 0 Å². The minimum Gasteiger partial charge on any atom is -0.325 e. The van der Waals surface area contributed by atoms with Gasteiger partial charge in [0.1, 0.15) is 0 Å². The van der Waals surface area contributed by atoms with E-state index in [4.69, 9.17) is 0 Å². The van der Waals surface area contributed by atoms with Crippen LogP contribution in [0.2, 0.25) is 0 Å². The fraction of sp³-hybridized carbons (Fsp3) is 0.533. The van der Waals surface area contributed by atoms with Gasteiger partial charge in [0.15, 0.2) is 0 Å². The maximum Gasteiger partial charge on any atom is 0.234 e. The van der Waals surface area contributed by atoms with Gasteiger partial charge >= 0.3 is 0 Å². The molecule has 0 unspecified atom stereocenters. The van der Waals surface area contributed by atoms with E-state index in [1.165, 1.54) is 24.8 Å². The van der Waals surface area contributed by atoms with Gasteiger partial charge in [-0.15, -0.1) is 0 Å². The lowest BCUT2D eigenvalue weighted by molar-refractivity contribution is -0.119. The number of benzene rings is 1. The number of nitrogens with one attached hydrogen (secondary N) is 2. The first-order chi connectivity index (χ1) is 8.57. The summed E-state index contributed by atoms with van der Waals surface area (Å²) in [6, 6.07) is 7.00. The lowest BCUT2D eigenvalue weighted by Crippen LogP contribution is -2.34. The van der Waals surface area contributed by atoms with Crippen LogP contribution in [0.3, 0.4) is 0 Å². The second-order valence-electron chi connectivity index (χ2n) is 5.97. The molecule has 0 radical (unpaired) electrons. The van der Waals surface area contributed by atoms with Crippen LogP contribution in [0.5, 0.6) is 0 Å². The first-order valence-electron chi connectivity index (χ1n) is 6.75. The van der Waals surface area contributed by atoms with Gasteiger partial charge in [-0.1, -0.05) is 18.6 Å². The van der Waals surface area contributed by atoms with Crippen LogP contribution in [-0.2, 0) is 16.8 Å². The zero-order chi connectivity index (χ0) is 12.8. The van der Waals surface area contributed by atoms with E-state index in [0.29, 0.717) is 6.04 Å². The summed E-state index contributed by atoms with van der Waals surface area (Å²) in [5, 5.41) is 6.50. The van der Waals surface area contributed by atoms with E-state index < -0.39 is 5.41 Å². The molecule has 0 aromatic heterocycles. The number of rotatable bonds is 3. The highest BCUT2D eigenvalue weighted by molar-refractivity contribution is 6.05. The third-order valence-electron chi connectivity index (χ3n) is 4.27. The van der Waals surface area contributed by atoms with Gasteiger partial charge in [0.25, 0.3) is 0 Å². The first-order valence-corrected chi connectivity index (χ1v) is 6.75. The number of amides is 1. The molecule has 96 valence electrons. The SMILES string of the molecule is CC1(C)C(=O)Nc2ccc(CNC3CCC3)cc21. The molecule has 1 aromatic carbocycles. The number of carbonyl (C=O) groups is 1. The molecule has 2 aliphatic rings. The van der Waals surface area contributed by atoms with E-state index in [2.05, 4.69) is 22.8 Å². The highest BCUT2D eigenvalue weighted by Crippen LogP contribution is 2.37. The smallest absolute Gasteiger partial charge is 0.234 e. The van der Waals surface area contributed by atoms with Crippen molar-refractivity contribution in [3.05, 3.63) is 29.3 Å². The van der Waals surface area contributed by atoms with Crippen LogP contribution in [0.4, 0.5) is 5.69 Å². The van der Waals surface area contributed by atoms with Gasteiger partial charge < -0.3 is 10.6 Å². The van der Waals surface area contributed by atoms with E-state index in [1.54, 1.807) is 0 Å². The highest BCUT2D eigenvalue weighted by Gasteiger charge is 2.38. The van der Waals surface area contributed by atoms with Crippen LogP contribution >= 0.6 is 0 Å². The van der Waals surface area contributed by atoms with Crippen molar-refractivity contribution >= 4 is 11.6 Å². The van der Waals surface area contributed by atoms with Crippen LogP contribution in [0.1, 0.15) is 44.2 Å². The molecule has 0 atom stereocenters. The van der Waals surface area contributed by atoms with Crippen LogP contribution in [0, 0.1) is 0 Å². The van der Waals surface area contributed by atoms with Gasteiger partial charge in [-0.05, 0) is 43.9 Å². The van der Waals surface area contributed by atoms with Gasteiger partial charge in [0, 0.05) is 18.3 Å². The Morgan fingerprint density at radius 2 is 2.17 bits per heavy atom. The lowest BCUT2D eigenvalue weighted by Gasteiger charge is -2.26. The normalized spacial score (nSPS) is 21.3. The molecule has 1 aliphatic carbocycles. The molecule has 1 amide bonds. The number of hydrogen-bond acceptors (Lipinski definition) is 2. The molecular formula is C15H20N2O. The average molecular weight is 244 g/mol. The van der Waals surface area contributed by atoms with Gasteiger partial charge in [-0.25, -0.2) is 0 Å². The molecule has 1 aromatic rings. The fourth-order valence-corrected chi connectivity index (χ4v) is 2.60. The first kappa shape index (κ1) is 11.7. The summed E-state index contributed by atoms with van der Waals surface area (Å²) < 4.78 is 0. The van der Waals surface area contributed by atoms with Crippen molar-refractivity contribution in [2.45, 2.75) is 51.1 Å². The van der Waals surface area contributed by atoms with Gasteiger partial charge in [0.2, 0.25) is 5.91 Å². The number of hydrogen-bond donors (Lipinski definition) is 2. The van der Waals surface area contributed by atoms with Crippen molar-refractivity contribution in [1.82, 2.24) is 5.32 Å². The van der Waals surface area contributed by atoms with E-state index >= 15 is 0 Å². The summed E-state index contributed by atoms with van der Waals surface area (Å²) in [5.74, 6) is 0.0987. The lowest BCUT2D eigenvalue weighted by atomic mass is 9.85. The molecule has 3 rings (SSSR count). The van der Waals surface area contributed by atoms with Crippen LogP contribution in [0.25, 0.3) is 0 Å². The van der Waals surface area contributed by atoms with E-state index in [1.807, 2.05) is 19.9 Å². The fourth-order valence-electron chi connectivity index (χ4n) is 2.60. The summed E-state index contributed by atoms with van der Waals surface area (Å²) in [6.07, 6.45) is 3.96. The third kappa shape index (κ3) is 1.83. The van der Waals surface area contributed by atoms with E-state index in [0.717, 1.165) is 17.8 Å². The number of fused-ring (bicyclic) bond motifs is 1. The molecule has 0 bridgehead atoms. The van der Waals surface area contributed by atoms with Crippen molar-refractivity contribution in [2.75, 3.05) is 5.32 Å². The van der Waals surface area contributed by atoms with Crippen LogP contribution < -0.4 is 10.6 Å². The molecule has 0 spiro atoms. The molecule has 0 saturated heterocycles. The highest BCUT2D eigenvalue weighted by atomic mass is 16.2. The minimum atomic E-state index is -0.401. The zero-order valence-corrected chi connectivity index (χ0v) is 11.0. The van der Waals surface area contributed by atoms with Crippen molar-refractivity contribution in [3.8, 4) is 0 Å². The van der Waals surface area contributed by atoms with Gasteiger partial charge in [-0.2, -0.15) is 0 Å². The standard InChI is InChI=1S/C15H20N2O/c1-15(2)12-8-10(9-16-11-4-3-5-11)6-7-13(12)17-14(15)18/h6-8,11,16H,3-5,9H2,1-2H3,(H,17,18). The van der Waals surface area contributed by atoms with Crippen molar-refractivity contribution in [1.29, 1.82) is 0 Å². The van der Waals surface area contributed by atoms with Crippen molar-refractivity contribution < 1.29 is 4.79 Å². The molecule has 1 saturated carbocycles. The zero-order valence-electron chi connectivity index (χ0n) is 11.0. The monoisotopic (exact) mass is 244 g/mol. The Morgan fingerprint density at radius 1 is 1.39 bits per heavy atom. The second kappa shape index (κ2) is 4.09. The minimum absolute atomic E-state index is 0.0987. The Hall–Kier alpha value is -1.35. The van der Waals surface area contributed by atoms with Crippen LogP contribution in [-0.4, -0.2) is 11.9 Å². The Balaban J connectivity index is 1.78. The topological polar surface area (TPSA) is 41.1 Å². The summed E-state index contributed by atoms with van der Waals surface area (Å²) in [5.41, 5.74) is 2.96. The number of carbonyl (C=O) groups excluding carboxylic acids is 1. The Kier molecular flexibility index (Phi) is 2.67. The predicted molar refractivity (Wildman–Crippen MR) is 72.6 cm³/mol. The Morgan fingerprint density at radius 3 is 2.83 bits per heavy atom. The maximum atomic E-state index is 11.9. The largest absolute Gasteiger partial charge is 0.325 e. The average Bonchev–Trinajstić information content (AvgIpc) is 2.49. The predicted octanol–water partition coefficient (Wildman–Crippen LogP) is 2.56. The molecule has 1 fully saturated rings. The van der Waals surface area contributed by atoms with E-state index in [-0.39, 0.29) is 5.91 Å². The summed E-state index contributed by atoms with van der Waals surface area (Å²) >= 11 is 0. The molecule has 3 nitrogen and oxygen atoms in total. The molecule has 2 N–H and O–H groups in total. The third-order valence-corrected chi connectivity index (χ3v) is 4.27. The van der Waals surface area contributed by atoms with Crippen molar-refractivity contribution in [3.63, 3.8) is 0 Å². The second-order valence-corrected chi connectivity index (χ2v) is 5.97. The van der Waals surface area contributed by atoms with Gasteiger partial charge in [-0.3, -0.25) is 4.79 Å². The molecule has 18 heavy (non-hydrogen) atoms.